The topological polar surface area (TPSA) is 55.2 Å². The number of halogens is 1. The van der Waals surface area contributed by atoms with Gasteiger partial charge in [-0.15, -0.1) is 0 Å². The summed E-state index contributed by atoms with van der Waals surface area (Å²) in [6.45, 7) is 0. The minimum atomic E-state index is -0.477. The summed E-state index contributed by atoms with van der Waals surface area (Å²) < 4.78 is 0. The van der Waals surface area contributed by atoms with Gasteiger partial charge in [0.25, 0.3) is 5.69 Å². The van der Waals surface area contributed by atoms with E-state index in [9.17, 15) is 10.1 Å². The van der Waals surface area contributed by atoms with Crippen molar-refractivity contribution in [3.63, 3.8) is 0 Å². The third-order valence-electron chi connectivity index (χ3n) is 2.62. The maximum atomic E-state index is 10.5. The molecule has 1 aliphatic carbocycles. The van der Waals surface area contributed by atoms with Gasteiger partial charge in [-0.2, -0.15) is 0 Å². The summed E-state index contributed by atoms with van der Waals surface area (Å²) in [6, 6.07) is 5.24. The van der Waals surface area contributed by atoms with Gasteiger partial charge in [-0.3, -0.25) is 10.1 Å². The van der Waals surface area contributed by atoms with Crippen LogP contribution in [0.4, 0.5) is 11.4 Å². The molecule has 1 aliphatic rings. The SMILES string of the molecule is O=[N+]([O-])c1ccc(NC2CCC2)cc1Cl. The van der Waals surface area contributed by atoms with Crippen molar-refractivity contribution in [2.45, 2.75) is 25.3 Å². The monoisotopic (exact) mass is 226 g/mol. The highest BCUT2D eigenvalue weighted by molar-refractivity contribution is 6.32. The number of rotatable bonds is 3. The second-order valence-corrected chi connectivity index (χ2v) is 4.10. The summed E-state index contributed by atoms with van der Waals surface area (Å²) >= 11 is 5.79. The van der Waals surface area contributed by atoms with E-state index in [1.54, 1.807) is 12.1 Å². The van der Waals surface area contributed by atoms with Crippen molar-refractivity contribution in [3.05, 3.63) is 33.3 Å². The standard InChI is InChI=1S/C10H11ClN2O2/c11-9-6-8(12-7-2-1-3-7)4-5-10(9)13(14)15/h4-7,12H,1-3H2. The van der Waals surface area contributed by atoms with E-state index in [2.05, 4.69) is 5.32 Å². The summed E-state index contributed by atoms with van der Waals surface area (Å²) in [6.07, 6.45) is 3.57. The molecule has 0 amide bonds. The Balaban J connectivity index is 2.13. The molecule has 0 atom stereocenters. The van der Waals surface area contributed by atoms with Crippen LogP contribution in [0.25, 0.3) is 0 Å². The van der Waals surface area contributed by atoms with Crippen LogP contribution in [-0.2, 0) is 0 Å². The average molecular weight is 227 g/mol. The van der Waals surface area contributed by atoms with E-state index in [-0.39, 0.29) is 10.7 Å². The van der Waals surface area contributed by atoms with Gasteiger partial charge in [0, 0.05) is 17.8 Å². The number of nitrogens with one attached hydrogen (secondary N) is 1. The molecular formula is C10H11ClN2O2. The van der Waals surface area contributed by atoms with Crippen LogP contribution < -0.4 is 5.32 Å². The van der Waals surface area contributed by atoms with Gasteiger partial charge < -0.3 is 5.32 Å². The Kier molecular flexibility index (Phi) is 2.77. The Labute approximate surface area is 92.4 Å². The molecule has 1 N–H and O–H groups in total. The lowest BCUT2D eigenvalue weighted by atomic mass is 9.93. The first kappa shape index (κ1) is 10.2. The lowest BCUT2D eigenvalue weighted by Gasteiger charge is -2.27. The van der Waals surface area contributed by atoms with Crippen LogP contribution in [0.2, 0.25) is 5.02 Å². The quantitative estimate of drug-likeness (QED) is 0.636. The van der Waals surface area contributed by atoms with E-state index < -0.39 is 4.92 Å². The Morgan fingerprint density at radius 1 is 1.47 bits per heavy atom. The number of nitro groups is 1. The van der Waals surface area contributed by atoms with Crippen LogP contribution in [0.1, 0.15) is 19.3 Å². The Morgan fingerprint density at radius 2 is 2.20 bits per heavy atom. The summed E-state index contributed by atoms with van der Waals surface area (Å²) in [5.74, 6) is 0. The van der Waals surface area contributed by atoms with E-state index in [1.807, 2.05) is 0 Å². The van der Waals surface area contributed by atoms with Crippen molar-refractivity contribution < 1.29 is 4.92 Å². The smallest absolute Gasteiger partial charge is 0.288 e. The number of anilines is 1. The molecule has 5 heteroatoms. The van der Waals surface area contributed by atoms with E-state index in [4.69, 9.17) is 11.6 Å². The minimum Gasteiger partial charge on any atom is -0.382 e. The highest BCUT2D eigenvalue weighted by atomic mass is 35.5. The highest BCUT2D eigenvalue weighted by Gasteiger charge is 2.18. The van der Waals surface area contributed by atoms with E-state index in [1.165, 1.54) is 12.5 Å². The second kappa shape index (κ2) is 4.06. The number of benzene rings is 1. The van der Waals surface area contributed by atoms with Crippen molar-refractivity contribution >= 4 is 23.0 Å². The predicted octanol–water partition coefficient (Wildman–Crippen LogP) is 3.21. The first-order valence-electron chi connectivity index (χ1n) is 4.87. The molecule has 0 spiro atoms. The van der Waals surface area contributed by atoms with Gasteiger partial charge in [0.05, 0.1) is 4.92 Å². The second-order valence-electron chi connectivity index (χ2n) is 3.70. The molecule has 15 heavy (non-hydrogen) atoms. The molecule has 0 saturated heterocycles. The van der Waals surface area contributed by atoms with Crippen LogP contribution in [-0.4, -0.2) is 11.0 Å². The lowest BCUT2D eigenvalue weighted by Crippen LogP contribution is -2.26. The van der Waals surface area contributed by atoms with Gasteiger partial charge in [0.15, 0.2) is 0 Å². The van der Waals surface area contributed by atoms with Gasteiger partial charge in [-0.1, -0.05) is 11.6 Å². The van der Waals surface area contributed by atoms with Crippen molar-refractivity contribution in [2.24, 2.45) is 0 Å². The fourth-order valence-corrected chi connectivity index (χ4v) is 1.78. The summed E-state index contributed by atoms with van der Waals surface area (Å²) in [5.41, 5.74) is 0.811. The Hall–Kier alpha value is -1.29. The first-order chi connectivity index (χ1) is 7.16. The summed E-state index contributed by atoms with van der Waals surface area (Å²) in [7, 11) is 0. The summed E-state index contributed by atoms with van der Waals surface area (Å²) in [4.78, 5) is 10.0. The molecule has 0 aliphatic heterocycles. The largest absolute Gasteiger partial charge is 0.382 e. The van der Waals surface area contributed by atoms with E-state index in [0.717, 1.165) is 18.5 Å². The highest BCUT2D eigenvalue weighted by Crippen LogP contribution is 2.29. The number of hydrogen-bond donors (Lipinski definition) is 1. The van der Waals surface area contributed by atoms with Crippen LogP contribution in [0.5, 0.6) is 0 Å². The maximum Gasteiger partial charge on any atom is 0.288 e. The van der Waals surface area contributed by atoms with Crippen LogP contribution >= 0.6 is 11.6 Å². The van der Waals surface area contributed by atoms with E-state index in [0.29, 0.717) is 6.04 Å². The molecule has 0 unspecified atom stereocenters. The fourth-order valence-electron chi connectivity index (χ4n) is 1.53. The van der Waals surface area contributed by atoms with Crippen LogP contribution in [0.15, 0.2) is 18.2 Å². The molecule has 1 saturated carbocycles. The zero-order valence-electron chi connectivity index (χ0n) is 8.07. The van der Waals surface area contributed by atoms with E-state index >= 15 is 0 Å². The maximum absolute atomic E-state index is 10.5. The number of hydrogen-bond acceptors (Lipinski definition) is 3. The van der Waals surface area contributed by atoms with Gasteiger partial charge in [0.1, 0.15) is 5.02 Å². The van der Waals surface area contributed by atoms with Gasteiger partial charge in [-0.25, -0.2) is 0 Å². The third kappa shape index (κ3) is 2.21. The van der Waals surface area contributed by atoms with Crippen molar-refractivity contribution in [2.75, 3.05) is 5.32 Å². The Morgan fingerprint density at radius 3 is 2.67 bits per heavy atom. The lowest BCUT2D eigenvalue weighted by molar-refractivity contribution is -0.384. The molecule has 0 radical (unpaired) electrons. The zero-order valence-corrected chi connectivity index (χ0v) is 8.83. The molecule has 80 valence electrons. The molecule has 1 aromatic carbocycles. The fraction of sp³-hybridized carbons (Fsp3) is 0.400. The van der Waals surface area contributed by atoms with Gasteiger partial charge >= 0.3 is 0 Å². The molecule has 0 bridgehead atoms. The first-order valence-corrected chi connectivity index (χ1v) is 5.25. The van der Waals surface area contributed by atoms with Crippen LogP contribution in [0.3, 0.4) is 0 Å². The Bertz CT molecular complexity index is 391. The van der Waals surface area contributed by atoms with Crippen molar-refractivity contribution in [1.29, 1.82) is 0 Å². The van der Waals surface area contributed by atoms with Crippen molar-refractivity contribution in [1.82, 2.24) is 0 Å². The summed E-state index contributed by atoms with van der Waals surface area (Å²) in [5, 5.41) is 14.0. The molecule has 0 aromatic heterocycles. The normalized spacial score (nSPS) is 15.8. The molecular weight excluding hydrogens is 216 g/mol. The molecule has 1 fully saturated rings. The average Bonchev–Trinajstić information content (AvgIpc) is 2.11. The minimum absolute atomic E-state index is 0.0455. The molecule has 1 aromatic rings. The predicted molar refractivity (Wildman–Crippen MR) is 59.4 cm³/mol. The van der Waals surface area contributed by atoms with Gasteiger partial charge in [-0.05, 0) is 31.4 Å². The van der Waals surface area contributed by atoms with Crippen molar-refractivity contribution in [3.8, 4) is 0 Å². The number of nitro benzene ring substituents is 1. The van der Waals surface area contributed by atoms with Crippen LogP contribution in [0, 0.1) is 10.1 Å². The third-order valence-corrected chi connectivity index (χ3v) is 2.92. The zero-order chi connectivity index (χ0) is 10.8. The molecule has 2 rings (SSSR count). The van der Waals surface area contributed by atoms with Gasteiger partial charge in [0.2, 0.25) is 0 Å². The number of nitrogens with zero attached hydrogens (tertiary/aromatic N) is 1. The molecule has 4 nitrogen and oxygen atoms in total. The molecule has 0 heterocycles.